The zero-order valence-electron chi connectivity index (χ0n) is 9.03. The van der Waals surface area contributed by atoms with Crippen LogP contribution in [0.2, 0.25) is 0 Å². The van der Waals surface area contributed by atoms with Crippen LogP contribution in [0.4, 0.5) is 15.8 Å². The number of benzene rings is 1. The second-order valence-electron chi connectivity index (χ2n) is 3.39. The van der Waals surface area contributed by atoms with E-state index in [9.17, 15) is 12.8 Å². The van der Waals surface area contributed by atoms with Gasteiger partial charge in [0.25, 0.3) is 0 Å². The zero-order valence-corrected chi connectivity index (χ0v) is 9.85. The number of nitrogens with two attached hydrogens (primary N) is 1. The summed E-state index contributed by atoms with van der Waals surface area (Å²) in [6, 6.07) is 3.93. The van der Waals surface area contributed by atoms with Gasteiger partial charge in [-0.25, -0.2) is 12.8 Å². The van der Waals surface area contributed by atoms with Gasteiger partial charge in [0, 0.05) is 12.3 Å². The molecule has 16 heavy (non-hydrogen) atoms. The third-order valence-corrected chi connectivity index (χ3v) is 3.89. The second-order valence-corrected chi connectivity index (χ2v) is 5.87. The van der Waals surface area contributed by atoms with Crippen LogP contribution in [0.1, 0.15) is 6.92 Å². The fourth-order valence-electron chi connectivity index (χ4n) is 1.17. The van der Waals surface area contributed by atoms with Gasteiger partial charge in [-0.1, -0.05) is 6.92 Å². The fourth-order valence-corrected chi connectivity index (χ4v) is 1.87. The molecule has 0 aliphatic heterocycles. The first-order valence-electron chi connectivity index (χ1n) is 4.94. The van der Waals surface area contributed by atoms with E-state index in [1.807, 2.05) is 0 Å². The van der Waals surface area contributed by atoms with Crippen molar-refractivity contribution in [1.82, 2.24) is 0 Å². The molecule has 0 aliphatic rings. The van der Waals surface area contributed by atoms with Crippen LogP contribution in [0.25, 0.3) is 0 Å². The normalized spacial score (nSPS) is 11.4. The molecule has 3 N–H and O–H groups in total. The van der Waals surface area contributed by atoms with E-state index in [0.29, 0.717) is 11.4 Å². The maximum absolute atomic E-state index is 12.9. The number of rotatable bonds is 5. The van der Waals surface area contributed by atoms with Crippen LogP contribution in [0.15, 0.2) is 18.2 Å². The number of nitrogens with one attached hydrogen (secondary N) is 1. The summed E-state index contributed by atoms with van der Waals surface area (Å²) < 4.78 is 35.3. The second kappa shape index (κ2) is 5.16. The highest BCUT2D eigenvalue weighted by Crippen LogP contribution is 2.18. The van der Waals surface area contributed by atoms with Crippen LogP contribution >= 0.6 is 0 Å². The summed E-state index contributed by atoms with van der Waals surface area (Å²) in [5, 5.41) is 2.80. The largest absolute Gasteiger partial charge is 0.397 e. The Morgan fingerprint density at radius 2 is 2.12 bits per heavy atom. The number of halogens is 1. The van der Waals surface area contributed by atoms with E-state index in [-0.39, 0.29) is 18.1 Å². The minimum absolute atomic E-state index is 0.0133. The lowest BCUT2D eigenvalue weighted by Gasteiger charge is -2.09. The van der Waals surface area contributed by atoms with E-state index in [4.69, 9.17) is 5.73 Å². The predicted octanol–water partition coefficient (Wildman–Crippen LogP) is 1.25. The Balaban J connectivity index is 2.59. The van der Waals surface area contributed by atoms with Gasteiger partial charge in [-0.05, 0) is 18.2 Å². The highest BCUT2D eigenvalue weighted by atomic mass is 32.2. The highest BCUT2D eigenvalue weighted by Gasteiger charge is 2.07. The highest BCUT2D eigenvalue weighted by molar-refractivity contribution is 7.91. The average molecular weight is 246 g/mol. The Morgan fingerprint density at radius 1 is 1.44 bits per heavy atom. The van der Waals surface area contributed by atoms with Gasteiger partial charge in [0.15, 0.2) is 9.84 Å². The van der Waals surface area contributed by atoms with Gasteiger partial charge in [0.1, 0.15) is 5.82 Å². The zero-order chi connectivity index (χ0) is 12.2. The van der Waals surface area contributed by atoms with E-state index in [0.717, 1.165) is 0 Å². The van der Waals surface area contributed by atoms with Crippen LogP contribution in [0.5, 0.6) is 0 Å². The first-order chi connectivity index (χ1) is 7.44. The summed E-state index contributed by atoms with van der Waals surface area (Å²) in [5.41, 5.74) is 6.41. The molecule has 4 nitrogen and oxygen atoms in total. The van der Waals surface area contributed by atoms with E-state index in [1.54, 1.807) is 6.92 Å². The topological polar surface area (TPSA) is 72.2 Å². The minimum Gasteiger partial charge on any atom is -0.397 e. The molecule has 1 aromatic rings. The molecule has 1 rings (SSSR count). The van der Waals surface area contributed by atoms with Crippen LogP contribution in [0, 0.1) is 5.82 Å². The molecule has 6 heteroatoms. The summed E-state index contributed by atoms with van der Waals surface area (Å²) in [4.78, 5) is 0. The molecule has 0 unspecified atom stereocenters. The molecule has 0 fully saturated rings. The SMILES string of the molecule is CCS(=O)(=O)CCNc1cc(F)ccc1N. The molecule has 0 amide bonds. The van der Waals surface area contributed by atoms with Crippen molar-refractivity contribution in [2.24, 2.45) is 0 Å². The van der Waals surface area contributed by atoms with Crippen molar-refractivity contribution in [2.45, 2.75) is 6.92 Å². The minimum atomic E-state index is -3.01. The van der Waals surface area contributed by atoms with Crippen molar-refractivity contribution in [3.05, 3.63) is 24.0 Å². The Hall–Kier alpha value is -1.30. The van der Waals surface area contributed by atoms with Crippen LogP contribution in [-0.2, 0) is 9.84 Å². The maximum Gasteiger partial charge on any atom is 0.151 e. The Bertz CT molecular complexity index is 460. The lowest BCUT2D eigenvalue weighted by Crippen LogP contribution is -2.17. The third kappa shape index (κ3) is 3.69. The molecule has 0 atom stereocenters. The average Bonchev–Trinajstić information content (AvgIpc) is 2.23. The summed E-state index contributed by atoms with van der Waals surface area (Å²) >= 11 is 0. The predicted molar refractivity (Wildman–Crippen MR) is 63.6 cm³/mol. The van der Waals surface area contributed by atoms with Gasteiger partial charge in [0.05, 0.1) is 17.1 Å². The number of hydrogen-bond acceptors (Lipinski definition) is 4. The van der Waals surface area contributed by atoms with Gasteiger partial charge in [-0.15, -0.1) is 0 Å². The molecule has 0 saturated carbocycles. The van der Waals surface area contributed by atoms with Crippen molar-refractivity contribution in [3.8, 4) is 0 Å². The smallest absolute Gasteiger partial charge is 0.151 e. The van der Waals surface area contributed by atoms with Crippen LogP contribution in [0.3, 0.4) is 0 Å². The molecular formula is C10H15FN2O2S. The summed E-state index contributed by atoms with van der Waals surface area (Å²) in [5.74, 6) is -0.290. The molecule has 0 saturated heterocycles. The number of anilines is 2. The molecule has 0 radical (unpaired) electrons. The van der Waals surface area contributed by atoms with Gasteiger partial charge >= 0.3 is 0 Å². The Morgan fingerprint density at radius 3 is 2.75 bits per heavy atom. The van der Waals surface area contributed by atoms with Crippen molar-refractivity contribution in [3.63, 3.8) is 0 Å². The number of hydrogen-bond donors (Lipinski definition) is 2. The van der Waals surface area contributed by atoms with Crippen molar-refractivity contribution < 1.29 is 12.8 Å². The fraction of sp³-hybridized carbons (Fsp3) is 0.400. The third-order valence-electron chi connectivity index (χ3n) is 2.18. The van der Waals surface area contributed by atoms with Crippen molar-refractivity contribution in [2.75, 3.05) is 29.1 Å². The van der Waals surface area contributed by atoms with Crippen molar-refractivity contribution in [1.29, 1.82) is 0 Å². The van der Waals surface area contributed by atoms with Gasteiger partial charge in [-0.2, -0.15) is 0 Å². The Labute approximate surface area is 94.6 Å². The number of nitrogen functional groups attached to an aromatic ring is 1. The monoisotopic (exact) mass is 246 g/mol. The van der Waals surface area contributed by atoms with E-state index in [1.165, 1.54) is 18.2 Å². The van der Waals surface area contributed by atoms with E-state index in [2.05, 4.69) is 5.32 Å². The maximum atomic E-state index is 12.9. The molecule has 1 aromatic carbocycles. The lowest BCUT2D eigenvalue weighted by atomic mass is 10.2. The molecule has 90 valence electrons. The van der Waals surface area contributed by atoms with Crippen LogP contribution in [-0.4, -0.2) is 26.5 Å². The van der Waals surface area contributed by atoms with Crippen molar-refractivity contribution >= 4 is 21.2 Å². The Kier molecular flexibility index (Phi) is 4.12. The van der Waals surface area contributed by atoms with E-state index >= 15 is 0 Å². The molecule has 0 aromatic heterocycles. The molecule has 0 bridgehead atoms. The molecule has 0 spiro atoms. The standard InChI is InChI=1S/C10H15FN2O2S/c1-2-16(14,15)6-5-13-10-7-8(11)3-4-9(10)12/h3-4,7,13H,2,5-6,12H2,1H3. The molecular weight excluding hydrogens is 231 g/mol. The summed E-state index contributed by atoms with van der Waals surface area (Å²) in [7, 11) is -3.01. The lowest BCUT2D eigenvalue weighted by molar-refractivity contribution is 0.597. The van der Waals surface area contributed by atoms with E-state index < -0.39 is 15.7 Å². The van der Waals surface area contributed by atoms with Gasteiger partial charge in [0.2, 0.25) is 0 Å². The van der Waals surface area contributed by atoms with Crippen LogP contribution < -0.4 is 11.1 Å². The number of sulfone groups is 1. The summed E-state index contributed by atoms with van der Waals surface area (Å²) in [6.45, 7) is 1.82. The van der Waals surface area contributed by atoms with Gasteiger partial charge in [-0.3, -0.25) is 0 Å². The first-order valence-corrected chi connectivity index (χ1v) is 6.76. The molecule has 0 aliphatic carbocycles. The van der Waals surface area contributed by atoms with Gasteiger partial charge < -0.3 is 11.1 Å². The summed E-state index contributed by atoms with van der Waals surface area (Å²) in [6.07, 6.45) is 0. The quantitative estimate of drug-likeness (QED) is 0.767. The first kappa shape index (κ1) is 12.8. The molecule has 0 heterocycles.